The van der Waals surface area contributed by atoms with Gasteiger partial charge in [-0.05, 0) is 25.6 Å². The van der Waals surface area contributed by atoms with Crippen molar-refractivity contribution in [2.24, 2.45) is 0 Å². The first-order valence-corrected chi connectivity index (χ1v) is 5.57. The van der Waals surface area contributed by atoms with Crippen molar-refractivity contribution < 1.29 is 4.79 Å². The molecule has 0 saturated carbocycles. The van der Waals surface area contributed by atoms with Gasteiger partial charge in [-0.3, -0.25) is 4.79 Å². The summed E-state index contributed by atoms with van der Waals surface area (Å²) in [5.74, 6) is 0.0763. The number of hydrogen-bond donors (Lipinski definition) is 2. The summed E-state index contributed by atoms with van der Waals surface area (Å²) in [6.45, 7) is 4.68. The third-order valence-electron chi connectivity index (χ3n) is 2.32. The molecule has 0 aliphatic carbocycles. The van der Waals surface area contributed by atoms with Gasteiger partial charge in [-0.15, -0.1) is 0 Å². The fraction of sp³-hybridized carbons (Fsp3) is 0.600. The first-order valence-electron chi connectivity index (χ1n) is 5.16. The van der Waals surface area contributed by atoms with Gasteiger partial charge >= 0.3 is 0 Å². The molecule has 4 nitrogen and oxygen atoms in total. The van der Waals surface area contributed by atoms with E-state index in [1.165, 1.54) is 0 Å². The number of nitrogens with one attached hydrogen (secondary N) is 2. The van der Waals surface area contributed by atoms with Crippen molar-refractivity contribution in [1.82, 2.24) is 14.9 Å². The molecular weight excluding hydrogens is 210 g/mol. The minimum absolute atomic E-state index is 0.0763. The molecule has 84 valence electrons. The Morgan fingerprint density at radius 1 is 1.73 bits per heavy atom. The highest BCUT2D eigenvalue weighted by Crippen LogP contribution is 1.95. The molecule has 1 unspecified atom stereocenters. The molecule has 0 bridgehead atoms. The van der Waals surface area contributed by atoms with E-state index in [4.69, 9.17) is 12.2 Å². The van der Waals surface area contributed by atoms with E-state index >= 15 is 0 Å². The Balaban J connectivity index is 2.35. The molecule has 0 radical (unpaired) electrons. The largest absolute Gasteiger partial charge is 0.354 e. The van der Waals surface area contributed by atoms with E-state index in [-0.39, 0.29) is 11.9 Å². The number of H-pyrrole nitrogens is 1. The first-order chi connectivity index (χ1) is 7.13. The van der Waals surface area contributed by atoms with Crippen molar-refractivity contribution in [3.63, 3.8) is 0 Å². The Hall–Kier alpha value is -1.10. The van der Waals surface area contributed by atoms with Crippen LogP contribution in [0.2, 0.25) is 0 Å². The van der Waals surface area contributed by atoms with E-state index in [0.29, 0.717) is 17.7 Å². The maximum Gasteiger partial charge on any atom is 0.222 e. The van der Waals surface area contributed by atoms with E-state index in [1.807, 2.05) is 24.6 Å². The zero-order chi connectivity index (χ0) is 11.3. The number of amides is 1. The molecule has 0 fully saturated rings. The van der Waals surface area contributed by atoms with Crippen LogP contribution in [0.25, 0.3) is 0 Å². The van der Waals surface area contributed by atoms with Crippen LogP contribution in [0.3, 0.4) is 0 Å². The van der Waals surface area contributed by atoms with Gasteiger partial charge in [0.1, 0.15) is 0 Å². The van der Waals surface area contributed by atoms with Crippen LogP contribution >= 0.6 is 12.2 Å². The van der Waals surface area contributed by atoms with E-state index < -0.39 is 0 Å². The SMILES string of the molecule is CCC(C)NC(=O)CCn1cc[nH]c1=S. The lowest BCUT2D eigenvalue weighted by atomic mass is 10.2. The summed E-state index contributed by atoms with van der Waals surface area (Å²) in [6, 6.07) is 0.247. The van der Waals surface area contributed by atoms with Gasteiger partial charge in [-0.1, -0.05) is 6.92 Å². The zero-order valence-corrected chi connectivity index (χ0v) is 9.93. The summed E-state index contributed by atoms with van der Waals surface area (Å²) in [4.78, 5) is 14.3. The van der Waals surface area contributed by atoms with Crippen molar-refractivity contribution >= 4 is 18.1 Å². The third-order valence-corrected chi connectivity index (χ3v) is 2.67. The molecular formula is C10H17N3OS. The van der Waals surface area contributed by atoms with E-state index in [1.54, 1.807) is 6.20 Å². The Morgan fingerprint density at radius 2 is 2.47 bits per heavy atom. The molecule has 0 saturated heterocycles. The van der Waals surface area contributed by atoms with Crippen molar-refractivity contribution in [1.29, 1.82) is 0 Å². The molecule has 1 rings (SSSR count). The minimum Gasteiger partial charge on any atom is -0.354 e. The Bertz CT molecular complexity index is 369. The summed E-state index contributed by atoms with van der Waals surface area (Å²) in [5, 5.41) is 2.91. The number of carbonyl (C=O) groups excluding carboxylic acids is 1. The van der Waals surface area contributed by atoms with Crippen molar-refractivity contribution in [2.45, 2.75) is 39.3 Å². The second-order valence-electron chi connectivity index (χ2n) is 3.59. The van der Waals surface area contributed by atoms with Gasteiger partial charge in [0.2, 0.25) is 5.91 Å². The minimum atomic E-state index is 0.0763. The highest BCUT2D eigenvalue weighted by Gasteiger charge is 2.05. The van der Waals surface area contributed by atoms with Gasteiger partial charge in [0.15, 0.2) is 4.77 Å². The lowest BCUT2D eigenvalue weighted by Gasteiger charge is -2.11. The maximum absolute atomic E-state index is 11.5. The second kappa shape index (κ2) is 5.70. The molecule has 5 heteroatoms. The fourth-order valence-electron chi connectivity index (χ4n) is 1.20. The molecule has 0 aliphatic heterocycles. The predicted molar refractivity (Wildman–Crippen MR) is 62.1 cm³/mol. The number of nitrogens with zero attached hydrogens (tertiary/aromatic N) is 1. The van der Waals surface area contributed by atoms with Gasteiger partial charge in [0.05, 0.1) is 0 Å². The molecule has 1 aromatic heterocycles. The van der Waals surface area contributed by atoms with Crippen LogP contribution in [-0.2, 0) is 11.3 Å². The van der Waals surface area contributed by atoms with Crippen LogP contribution in [0.4, 0.5) is 0 Å². The normalized spacial score (nSPS) is 12.4. The van der Waals surface area contributed by atoms with Crippen LogP contribution in [0.15, 0.2) is 12.4 Å². The lowest BCUT2D eigenvalue weighted by Crippen LogP contribution is -2.32. The molecule has 15 heavy (non-hydrogen) atoms. The van der Waals surface area contributed by atoms with Crippen molar-refractivity contribution in [3.8, 4) is 0 Å². The van der Waals surface area contributed by atoms with Gasteiger partial charge < -0.3 is 14.9 Å². The second-order valence-corrected chi connectivity index (χ2v) is 3.97. The number of aryl methyl sites for hydroxylation is 1. The number of aromatic amines is 1. The van der Waals surface area contributed by atoms with Gasteiger partial charge in [-0.25, -0.2) is 0 Å². The fourth-order valence-corrected chi connectivity index (χ4v) is 1.42. The monoisotopic (exact) mass is 227 g/mol. The van der Waals surface area contributed by atoms with Gasteiger partial charge in [0.25, 0.3) is 0 Å². The van der Waals surface area contributed by atoms with Gasteiger partial charge in [0, 0.05) is 31.4 Å². The number of carbonyl (C=O) groups is 1. The predicted octanol–water partition coefficient (Wildman–Crippen LogP) is 1.85. The Kier molecular flexibility index (Phi) is 4.55. The molecule has 1 heterocycles. The first kappa shape index (κ1) is 12.0. The third kappa shape index (κ3) is 3.87. The molecule has 1 amide bonds. The summed E-state index contributed by atoms with van der Waals surface area (Å²) in [6.07, 6.45) is 5.04. The molecule has 2 N–H and O–H groups in total. The maximum atomic E-state index is 11.5. The van der Waals surface area contributed by atoms with E-state index in [2.05, 4.69) is 10.3 Å². The van der Waals surface area contributed by atoms with Crippen LogP contribution in [0.5, 0.6) is 0 Å². The van der Waals surface area contributed by atoms with E-state index in [0.717, 1.165) is 6.42 Å². The van der Waals surface area contributed by atoms with Crippen LogP contribution < -0.4 is 5.32 Å². The van der Waals surface area contributed by atoms with Crippen molar-refractivity contribution in [2.75, 3.05) is 0 Å². The standard InChI is InChI=1S/C10H17N3OS/c1-3-8(2)12-9(14)4-6-13-7-5-11-10(13)15/h5,7-8H,3-4,6H2,1-2H3,(H,11,15)(H,12,14). The topological polar surface area (TPSA) is 49.8 Å². The molecule has 0 spiro atoms. The quantitative estimate of drug-likeness (QED) is 0.754. The average molecular weight is 227 g/mol. The van der Waals surface area contributed by atoms with Crippen LogP contribution in [-0.4, -0.2) is 21.5 Å². The summed E-state index contributed by atoms with van der Waals surface area (Å²) in [7, 11) is 0. The molecule has 1 atom stereocenters. The molecule has 1 aromatic rings. The Morgan fingerprint density at radius 3 is 3.00 bits per heavy atom. The number of rotatable bonds is 5. The van der Waals surface area contributed by atoms with E-state index in [9.17, 15) is 4.79 Å². The van der Waals surface area contributed by atoms with Crippen LogP contribution in [0.1, 0.15) is 26.7 Å². The zero-order valence-electron chi connectivity index (χ0n) is 9.12. The Labute approximate surface area is 94.7 Å². The molecule has 0 aromatic carbocycles. The van der Waals surface area contributed by atoms with Crippen LogP contribution in [0, 0.1) is 4.77 Å². The lowest BCUT2D eigenvalue weighted by molar-refractivity contribution is -0.121. The number of hydrogen-bond acceptors (Lipinski definition) is 2. The summed E-state index contributed by atoms with van der Waals surface area (Å²) >= 11 is 5.02. The highest BCUT2D eigenvalue weighted by atomic mass is 32.1. The number of aromatic nitrogens is 2. The summed E-state index contributed by atoms with van der Waals surface area (Å²) < 4.78 is 2.51. The molecule has 0 aliphatic rings. The summed E-state index contributed by atoms with van der Waals surface area (Å²) in [5.41, 5.74) is 0. The number of imidazole rings is 1. The van der Waals surface area contributed by atoms with Crippen molar-refractivity contribution in [3.05, 3.63) is 17.2 Å². The van der Waals surface area contributed by atoms with Gasteiger partial charge in [-0.2, -0.15) is 0 Å². The highest BCUT2D eigenvalue weighted by molar-refractivity contribution is 7.71. The smallest absolute Gasteiger partial charge is 0.222 e. The average Bonchev–Trinajstić information content (AvgIpc) is 2.61.